The Morgan fingerprint density at radius 1 is 0.960 bits per heavy atom. The van der Waals surface area contributed by atoms with Crippen molar-refractivity contribution in [2.45, 2.75) is 37.6 Å². The maximum absolute atomic E-state index is 12.1. The van der Waals surface area contributed by atoms with Crippen LogP contribution >= 0.6 is 0 Å². The van der Waals surface area contributed by atoms with E-state index < -0.39 is 5.91 Å². The molecule has 0 bridgehead atoms. The summed E-state index contributed by atoms with van der Waals surface area (Å²) in [4.78, 5) is 23.9. The van der Waals surface area contributed by atoms with Crippen molar-refractivity contribution in [1.29, 1.82) is 0 Å². The number of hydrogen-bond acceptors (Lipinski definition) is 4. The molecule has 1 fully saturated rings. The van der Waals surface area contributed by atoms with Crippen LogP contribution in [0.2, 0.25) is 0 Å². The summed E-state index contributed by atoms with van der Waals surface area (Å²) in [5, 5.41) is 3.42. The number of hydrogen-bond donors (Lipinski definition) is 3. The van der Waals surface area contributed by atoms with E-state index in [-0.39, 0.29) is 23.8 Å². The molecule has 1 aromatic carbocycles. The predicted octanol–water partition coefficient (Wildman–Crippen LogP) is 2.49. The lowest BCUT2D eigenvalue weighted by Gasteiger charge is -2.38. The molecule has 6 nitrogen and oxygen atoms in total. The number of carbonyl (C=O) groups is 2. The van der Waals surface area contributed by atoms with Gasteiger partial charge in [-0.2, -0.15) is 0 Å². The molecule has 25 heavy (non-hydrogen) atoms. The zero-order valence-electron chi connectivity index (χ0n) is 14.1. The van der Waals surface area contributed by atoms with Gasteiger partial charge in [-0.05, 0) is 30.5 Å². The second-order valence-corrected chi connectivity index (χ2v) is 6.34. The molecule has 0 spiro atoms. The van der Waals surface area contributed by atoms with E-state index in [9.17, 15) is 9.59 Å². The van der Waals surface area contributed by atoms with E-state index in [2.05, 4.69) is 28.3 Å². The van der Waals surface area contributed by atoms with Gasteiger partial charge in [-0.15, -0.1) is 0 Å². The first-order chi connectivity index (χ1) is 12.2. The molecule has 2 amide bonds. The molecule has 0 aliphatic heterocycles. The molecule has 1 saturated carbocycles. The summed E-state index contributed by atoms with van der Waals surface area (Å²) in [6.07, 6.45) is 6.91. The van der Waals surface area contributed by atoms with Crippen LogP contribution in [0.1, 0.15) is 48.2 Å². The molecule has 0 atom stereocenters. The summed E-state index contributed by atoms with van der Waals surface area (Å²) in [6, 6.07) is 13.4. The van der Waals surface area contributed by atoms with Crippen molar-refractivity contribution in [3.05, 3.63) is 60.1 Å². The van der Waals surface area contributed by atoms with Crippen LogP contribution in [0.25, 0.3) is 0 Å². The van der Waals surface area contributed by atoms with Gasteiger partial charge in [0.25, 0.3) is 5.91 Å². The van der Waals surface area contributed by atoms with Gasteiger partial charge in [0.15, 0.2) is 5.76 Å². The highest BCUT2D eigenvalue weighted by atomic mass is 16.3. The van der Waals surface area contributed by atoms with E-state index in [0.29, 0.717) is 0 Å². The Kier molecular flexibility index (Phi) is 5.50. The van der Waals surface area contributed by atoms with Gasteiger partial charge in [0.2, 0.25) is 0 Å². The third-order valence-electron chi connectivity index (χ3n) is 4.68. The van der Waals surface area contributed by atoms with Crippen molar-refractivity contribution in [2.24, 2.45) is 0 Å². The SMILES string of the molecule is O=C(CNC1(c2ccccc2)CCCCC1)NNC(=O)c1ccco1. The third kappa shape index (κ3) is 4.28. The minimum absolute atomic E-state index is 0.132. The molecule has 3 rings (SSSR count). The minimum atomic E-state index is -0.478. The first kappa shape index (κ1) is 17.2. The highest BCUT2D eigenvalue weighted by Crippen LogP contribution is 2.36. The largest absolute Gasteiger partial charge is 0.459 e. The maximum atomic E-state index is 12.1. The number of furan rings is 1. The Balaban J connectivity index is 1.56. The van der Waals surface area contributed by atoms with Crippen molar-refractivity contribution in [3.8, 4) is 0 Å². The van der Waals surface area contributed by atoms with Crippen LogP contribution in [0.3, 0.4) is 0 Å². The molecule has 0 unspecified atom stereocenters. The summed E-state index contributed by atoms with van der Waals surface area (Å²) >= 11 is 0. The average molecular weight is 341 g/mol. The van der Waals surface area contributed by atoms with Gasteiger partial charge < -0.3 is 4.42 Å². The van der Waals surface area contributed by atoms with Crippen LogP contribution in [0, 0.1) is 0 Å². The zero-order valence-corrected chi connectivity index (χ0v) is 14.1. The van der Waals surface area contributed by atoms with Gasteiger partial charge in [0, 0.05) is 5.54 Å². The van der Waals surface area contributed by atoms with Gasteiger partial charge in [-0.1, -0.05) is 49.6 Å². The van der Waals surface area contributed by atoms with Gasteiger partial charge >= 0.3 is 5.91 Å². The molecule has 1 heterocycles. The quantitative estimate of drug-likeness (QED) is 0.730. The van der Waals surface area contributed by atoms with Crippen molar-refractivity contribution in [3.63, 3.8) is 0 Å². The second kappa shape index (κ2) is 7.98. The van der Waals surface area contributed by atoms with Crippen LogP contribution in [0.15, 0.2) is 53.1 Å². The van der Waals surface area contributed by atoms with Gasteiger partial charge in [0.05, 0.1) is 12.8 Å². The fourth-order valence-corrected chi connectivity index (χ4v) is 3.37. The second-order valence-electron chi connectivity index (χ2n) is 6.34. The molecule has 0 saturated heterocycles. The highest BCUT2D eigenvalue weighted by molar-refractivity contribution is 5.93. The number of rotatable bonds is 5. The molecule has 2 aromatic rings. The van der Waals surface area contributed by atoms with Crippen molar-refractivity contribution in [2.75, 3.05) is 6.54 Å². The predicted molar refractivity (Wildman–Crippen MR) is 93.5 cm³/mol. The first-order valence-corrected chi connectivity index (χ1v) is 8.63. The van der Waals surface area contributed by atoms with E-state index in [0.717, 1.165) is 25.7 Å². The fourth-order valence-electron chi connectivity index (χ4n) is 3.37. The number of nitrogens with one attached hydrogen (secondary N) is 3. The van der Waals surface area contributed by atoms with Crippen molar-refractivity contribution in [1.82, 2.24) is 16.2 Å². The average Bonchev–Trinajstić information content (AvgIpc) is 3.21. The Morgan fingerprint density at radius 3 is 2.40 bits per heavy atom. The molecule has 0 radical (unpaired) electrons. The molecule has 3 N–H and O–H groups in total. The summed E-state index contributed by atoms with van der Waals surface area (Å²) < 4.78 is 4.98. The van der Waals surface area contributed by atoms with E-state index >= 15 is 0 Å². The van der Waals surface area contributed by atoms with Crippen LogP contribution in [-0.4, -0.2) is 18.4 Å². The van der Waals surface area contributed by atoms with Crippen LogP contribution < -0.4 is 16.2 Å². The Labute approximate surface area is 147 Å². The summed E-state index contributed by atoms with van der Waals surface area (Å²) in [6.45, 7) is 0.132. The number of hydrazine groups is 1. The molecule has 6 heteroatoms. The topological polar surface area (TPSA) is 83.4 Å². The zero-order chi connectivity index (χ0) is 17.5. The monoisotopic (exact) mass is 341 g/mol. The Bertz CT molecular complexity index is 692. The lowest BCUT2D eigenvalue weighted by molar-refractivity contribution is -0.121. The van der Waals surface area contributed by atoms with E-state index in [1.54, 1.807) is 6.07 Å². The molecular formula is C19H23N3O3. The van der Waals surface area contributed by atoms with Crippen LogP contribution in [0.5, 0.6) is 0 Å². The Hall–Kier alpha value is -2.60. The first-order valence-electron chi connectivity index (χ1n) is 8.63. The number of amides is 2. The molecule has 1 aliphatic carbocycles. The maximum Gasteiger partial charge on any atom is 0.305 e. The van der Waals surface area contributed by atoms with Crippen molar-refractivity contribution < 1.29 is 14.0 Å². The molecule has 1 aliphatic rings. The summed E-state index contributed by atoms with van der Waals surface area (Å²) in [5.74, 6) is -0.615. The van der Waals surface area contributed by atoms with Gasteiger partial charge in [0.1, 0.15) is 0 Å². The number of benzene rings is 1. The number of carbonyl (C=O) groups excluding carboxylic acids is 2. The van der Waals surface area contributed by atoms with Crippen molar-refractivity contribution >= 4 is 11.8 Å². The van der Waals surface area contributed by atoms with E-state index in [1.165, 1.54) is 24.3 Å². The normalized spacial score (nSPS) is 16.2. The molecule has 132 valence electrons. The smallest absolute Gasteiger partial charge is 0.305 e. The third-order valence-corrected chi connectivity index (χ3v) is 4.68. The molecular weight excluding hydrogens is 318 g/mol. The Morgan fingerprint density at radius 2 is 1.72 bits per heavy atom. The lowest BCUT2D eigenvalue weighted by atomic mass is 9.76. The lowest BCUT2D eigenvalue weighted by Crippen LogP contribution is -2.51. The van der Waals surface area contributed by atoms with E-state index in [1.807, 2.05) is 18.2 Å². The summed E-state index contributed by atoms with van der Waals surface area (Å²) in [7, 11) is 0. The van der Waals surface area contributed by atoms with Gasteiger partial charge in [-0.25, -0.2) is 0 Å². The summed E-state index contributed by atoms with van der Waals surface area (Å²) in [5.41, 5.74) is 5.80. The minimum Gasteiger partial charge on any atom is -0.459 e. The van der Waals surface area contributed by atoms with Gasteiger partial charge in [-0.3, -0.25) is 25.8 Å². The van der Waals surface area contributed by atoms with Crippen LogP contribution in [0.4, 0.5) is 0 Å². The van der Waals surface area contributed by atoms with Crippen LogP contribution in [-0.2, 0) is 10.3 Å². The van der Waals surface area contributed by atoms with E-state index in [4.69, 9.17) is 4.42 Å². The standard InChI is InChI=1S/C19H23N3O3/c23-17(21-22-18(24)16-10-7-13-25-16)14-20-19(11-5-2-6-12-19)15-8-3-1-4-9-15/h1,3-4,7-10,13,20H,2,5-6,11-12,14H2,(H,21,23)(H,22,24). The fraction of sp³-hybridized carbons (Fsp3) is 0.368. The highest BCUT2D eigenvalue weighted by Gasteiger charge is 2.33. The molecule has 1 aromatic heterocycles.